The van der Waals surface area contributed by atoms with Crippen LogP contribution in [0.1, 0.15) is 64.9 Å². The number of carbonyl (C=O) groups excluding carboxylic acids is 5. The van der Waals surface area contributed by atoms with Crippen LogP contribution in [0.15, 0.2) is 38.5 Å². The number of carbonyl (C=O) groups is 6. The van der Waals surface area contributed by atoms with Crippen LogP contribution in [0.25, 0.3) is 11.0 Å². The maximum atomic E-state index is 13.5. The van der Waals surface area contributed by atoms with E-state index >= 15 is 0 Å². The van der Waals surface area contributed by atoms with Crippen LogP contribution in [0.2, 0.25) is 0 Å². The number of carboxylic acid groups (broad SMARTS) is 1. The number of primary amides is 1. The molecule has 0 aliphatic heterocycles. The number of aliphatic carboxylic acids is 1. The lowest BCUT2D eigenvalue weighted by atomic mass is 10.1. The fourth-order valence-corrected chi connectivity index (χ4v) is 4.56. The number of fused-ring (bicyclic) bond motifs is 1. The van der Waals surface area contributed by atoms with E-state index in [1.165, 1.54) is 0 Å². The molecule has 21 heteroatoms. The van der Waals surface area contributed by atoms with Crippen LogP contribution >= 0.6 is 0 Å². The van der Waals surface area contributed by atoms with E-state index < -0.39 is 101 Å². The van der Waals surface area contributed by atoms with Gasteiger partial charge in [-0.3, -0.25) is 29.0 Å². The van der Waals surface area contributed by atoms with Gasteiger partial charge >= 0.3 is 23.9 Å². The van der Waals surface area contributed by atoms with Gasteiger partial charge in [0.05, 0.1) is 5.56 Å². The third-order valence-electron chi connectivity index (χ3n) is 6.86. The summed E-state index contributed by atoms with van der Waals surface area (Å²) >= 11 is 0. The Kier molecular flexibility index (Phi) is 14.9. The molecule has 52 heavy (non-hydrogen) atoms. The van der Waals surface area contributed by atoms with Gasteiger partial charge in [0.1, 0.15) is 29.3 Å². The topological polar surface area (TPSA) is 301 Å². The summed E-state index contributed by atoms with van der Waals surface area (Å²) in [6.07, 6.45) is -7.78. The summed E-state index contributed by atoms with van der Waals surface area (Å²) in [5.41, 5.74) is 11.8. The number of benzene rings is 1. The average Bonchev–Trinajstić information content (AvgIpc) is 3.00. The van der Waals surface area contributed by atoms with Gasteiger partial charge in [-0.05, 0) is 58.6 Å². The predicted octanol–water partition coefficient (Wildman–Crippen LogP) is 0.797. The molecule has 1 aromatic carbocycles. The van der Waals surface area contributed by atoms with Crippen molar-refractivity contribution < 1.29 is 56.2 Å². The molecule has 0 radical (unpaired) electrons. The minimum absolute atomic E-state index is 0.000388. The number of anilines is 1. The van der Waals surface area contributed by atoms with Gasteiger partial charge in [-0.15, -0.1) is 0 Å². The first kappa shape index (κ1) is 42.3. The molecule has 3 unspecified atom stereocenters. The number of nitrogens with zero attached hydrogens (tertiary/aromatic N) is 1. The van der Waals surface area contributed by atoms with Gasteiger partial charge in [-0.1, -0.05) is 0 Å². The lowest BCUT2D eigenvalue weighted by molar-refractivity contribution is -0.138. The number of aliphatic imine (C=N–C) groups is 1. The average molecular weight is 743 g/mol. The number of nitrogens with two attached hydrogens (primary N) is 3. The molecule has 18 nitrogen and oxygen atoms in total. The zero-order valence-electron chi connectivity index (χ0n) is 28.4. The van der Waals surface area contributed by atoms with Crippen molar-refractivity contribution in [2.45, 2.75) is 89.2 Å². The first-order chi connectivity index (χ1) is 24.0. The van der Waals surface area contributed by atoms with Crippen molar-refractivity contribution in [2.24, 2.45) is 22.2 Å². The van der Waals surface area contributed by atoms with Gasteiger partial charge in [-0.25, -0.2) is 9.59 Å². The molecule has 0 saturated heterocycles. The van der Waals surface area contributed by atoms with Crippen LogP contribution in [0, 0.1) is 0 Å². The van der Waals surface area contributed by atoms with Crippen molar-refractivity contribution in [3.8, 4) is 0 Å². The third kappa shape index (κ3) is 14.5. The number of halogens is 3. The number of rotatable bonds is 17. The van der Waals surface area contributed by atoms with Gasteiger partial charge in [-0.2, -0.15) is 13.2 Å². The Morgan fingerprint density at radius 1 is 0.865 bits per heavy atom. The van der Waals surface area contributed by atoms with E-state index in [-0.39, 0.29) is 49.9 Å². The lowest BCUT2D eigenvalue weighted by Gasteiger charge is -2.26. The van der Waals surface area contributed by atoms with Crippen molar-refractivity contribution in [3.05, 3.63) is 40.2 Å². The highest BCUT2D eigenvalue weighted by molar-refractivity contribution is 6.00. The number of amides is 5. The molecule has 3 atom stereocenters. The van der Waals surface area contributed by atoms with Gasteiger partial charge in [0.15, 0.2) is 5.96 Å². The first-order valence-electron chi connectivity index (χ1n) is 15.7. The number of nitrogens with one attached hydrogen (secondary N) is 4. The number of carboxylic acids is 1. The van der Waals surface area contributed by atoms with Crippen molar-refractivity contribution >= 4 is 58.3 Å². The summed E-state index contributed by atoms with van der Waals surface area (Å²) in [7, 11) is 0. The quantitative estimate of drug-likeness (QED) is 0.0483. The zero-order chi connectivity index (χ0) is 39.4. The molecular weight excluding hydrogens is 701 g/mol. The second kappa shape index (κ2) is 18.4. The van der Waals surface area contributed by atoms with Crippen molar-refractivity contribution in [1.82, 2.24) is 16.0 Å². The van der Waals surface area contributed by atoms with E-state index in [2.05, 4.69) is 26.3 Å². The standard InChI is InChI=1S/C31H41F3N8O10/c1-30(2,3)52-29(50)42-20(8-10-22(35)43)27(49)41-19(9-11-23(44)45)26(48)40-18(5-4-12-38-28(36)37)25(47)39-15-6-7-16-17(31(32,33)34)14-24(46)51-21(16)13-15/h6-7,13-14,18-20H,4-5,8-12H2,1-3H3,(H2,35,43)(H,39,47)(H,40,48)(H,41,49)(H,42,50)(H,44,45)(H4,36,37,38). The van der Waals surface area contributed by atoms with E-state index in [0.29, 0.717) is 0 Å². The highest BCUT2D eigenvalue weighted by Gasteiger charge is 2.34. The molecular formula is C31H41F3N8O10. The molecule has 2 rings (SSSR count). The second-order valence-electron chi connectivity index (χ2n) is 12.4. The van der Waals surface area contributed by atoms with E-state index in [4.69, 9.17) is 26.4 Å². The number of guanidine groups is 1. The smallest absolute Gasteiger partial charge is 0.417 e. The Morgan fingerprint density at radius 2 is 1.44 bits per heavy atom. The molecule has 11 N–H and O–H groups in total. The highest BCUT2D eigenvalue weighted by Crippen LogP contribution is 2.34. The highest BCUT2D eigenvalue weighted by atomic mass is 19.4. The molecule has 1 aromatic heterocycles. The maximum absolute atomic E-state index is 13.5. The number of alkyl carbamates (subject to hydrolysis) is 1. The monoisotopic (exact) mass is 742 g/mol. The Morgan fingerprint density at radius 3 is 1.98 bits per heavy atom. The summed E-state index contributed by atoms with van der Waals surface area (Å²) in [6, 6.07) is -1.16. The molecule has 0 saturated carbocycles. The molecule has 0 fully saturated rings. The predicted molar refractivity (Wildman–Crippen MR) is 178 cm³/mol. The Bertz CT molecular complexity index is 1740. The second-order valence-corrected chi connectivity index (χ2v) is 12.4. The van der Waals surface area contributed by atoms with E-state index in [1.807, 2.05) is 0 Å². The minimum atomic E-state index is -4.88. The summed E-state index contributed by atoms with van der Waals surface area (Å²) in [5.74, 6) is -5.38. The molecule has 0 aliphatic carbocycles. The molecule has 0 aliphatic rings. The molecule has 286 valence electrons. The summed E-state index contributed by atoms with van der Waals surface area (Å²) in [5, 5.41) is 18.3. The van der Waals surface area contributed by atoms with Crippen molar-refractivity contribution in [2.75, 3.05) is 11.9 Å². The Labute approximate surface area is 294 Å². The summed E-state index contributed by atoms with van der Waals surface area (Å²) < 4.78 is 50.5. The molecule has 2 aromatic rings. The normalized spacial score (nSPS) is 13.2. The molecule has 5 amide bonds. The number of hydrogen-bond acceptors (Lipinski definition) is 10. The number of ether oxygens (including phenoxy) is 1. The molecule has 1 heterocycles. The SMILES string of the molecule is CC(C)(C)OC(=O)NC(CCC(N)=O)C(=O)NC(CCC(=O)O)C(=O)NC(CCCN=C(N)N)C(=O)Nc1ccc2c(C(F)(F)F)cc(=O)oc2c1. The maximum Gasteiger partial charge on any atom is 0.417 e. The largest absolute Gasteiger partial charge is 0.481 e. The Balaban J connectivity index is 2.38. The number of alkyl halides is 3. The lowest BCUT2D eigenvalue weighted by Crippen LogP contribution is -2.56. The number of hydrogen-bond donors (Lipinski definition) is 8. The summed E-state index contributed by atoms with van der Waals surface area (Å²) in [4.78, 5) is 91.1. The van der Waals surface area contributed by atoms with E-state index in [0.717, 1.165) is 18.2 Å². The third-order valence-corrected chi connectivity index (χ3v) is 6.86. The van der Waals surface area contributed by atoms with Gasteiger partial charge in [0.25, 0.3) is 0 Å². The van der Waals surface area contributed by atoms with Crippen molar-refractivity contribution in [3.63, 3.8) is 0 Å². The van der Waals surface area contributed by atoms with Gasteiger partial charge in [0.2, 0.25) is 23.6 Å². The Hall–Kier alpha value is -5.89. The molecule has 0 bridgehead atoms. The van der Waals surface area contributed by atoms with Crippen molar-refractivity contribution in [1.29, 1.82) is 0 Å². The van der Waals surface area contributed by atoms with Crippen LogP contribution in [-0.4, -0.2) is 77.0 Å². The first-order valence-corrected chi connectivity index (χ1v) is 15.7. The summed E-state index contributed by atoms with van der Waals surface area (Å²) in [6.45, 7) is 4.67. The van der Waals surface area contributed by atoms with Crippen LogP contribution in [0.3, 0.4) is 0 Å². The van der Waals surface area contributed by atoms with Crippen LogP contribution in [-0.2, 0) is 34.9 Å². The molecule has 0 spiro atoms. The fourth-order valence-electron chi connectivity index (χ4n) is 4.56. The van der Waals surface area contributed by atoms with Crippen LogP contribution in [0.5, 0.6) is 0 Å². The van der Waals surface area contributed by atoms with Crippen LogP contribution in [0.4, 0.5) is 23.7 Å². The minimum Gasteiger partial charge on any atom is -0.481 e. The van der Waals surface area contributed by atoms with Gasteiger partial charge < -0.3 is 52.7 Å². The van der Waals surface area contributed by atoms with Crippen LogP contribution < -0.4 is 44.1 Å². The zero-order valence-corrected chi connectivity index (χ0v) is 28.4. The van der Waals surface area contributed by atoms with E-state index in [1.54, 1.807) is 20.8 Å². The fraction of sp³-hybridized carbons (Fsp3) is 0.484. The van der Waals surface area contributed by atoms with Gasteiger partial charge in [0, 0.05) is 42.6 Å². The van der Waals surface area contributed by atoms with E-state index in [9.17, 15) is 51.8 Å².